The summed E-state index contributed by atoms with van der Waals surface area (Å²) in [5, 5.41) is 49.9. The van der Waals surface area contributed by atoms with E-state index >= 15 is 0 Å². The van der Waals surface area contributed by atoms with Gasteiger partial charge in [-0.15, -0.1) is 45.3 Å². The van der Waals surface area contributed by atoms with Crippen molar-refractivity contribution in [2.75, 3.05) is 6.61 Å². The molecule has 10 aromatic carbocycles. The van der Waals surface area contributed by atoms with Crippen molar-refractivity contribution in [3.8, 4) is 118 Å². The van der Waals surface area contributed by atoms with E-state index < -0.39 is 0 Å². The number of hydrogen-bond donors (Lipinski definition) is 0. The first-order valence-electron chi connectivity index (χ1n) is 46.8. The normalized spacial score (nSPS) is 11.0. The van der Waals surface area contributed by atoms with Crippen molar-refractivity contribution in [2.24, 2.45) is 35.2 Å². The second-order valence-electron chi connectivity index (χ2n) is 34.3. The summed E-state index contributed by atoms with van der Waals surface area (Å²) in [5.41, 5.74) is 29.5. The molecule has 0 radical (unpaired) electrons. The van der Waals surface area contributed by atoms with Crippen LogP contribution in [0.15, 0.2) is 245 Å². The molecule has 10 aromatic heterocycles. The molecule has 41 heteroatoms. The fourth-order valence-electron chi connectivity index (χ4n) is 15.9. The van der Waals surface area contributed by atoms with Gasteiger partial charge >= 0.3 is 28.4 Å². The molecule has 0 saturated heterocycles. The van der Waals surface area contributed by atoms with Crippen LogP contribution in [0.1, 0.15) is 114 Å². The van der Waals surface area contributed by atoms with Gasteiger partial charge in [0.25, 0.3) is 5.19 Å². The topological polar surface area (TPSA) is 383 Å². The fourth-order valence-corrected chi connectivity index (χ4v) is 19.2. The van der Waals surface area contributed by atoms with E-state index in [2.05, 4.69) is 126 Å². The van der Waals surface area contributed by atoms with Gasteiger partial charge in [0.1, 0.15) is 61.8 Å². The van der Waals surface area contributed by atoms with Crippen molar-refractivity contribution in [1.29, 1.82) is 0 Å². The second-order valence-corrected chi connectivity index (χ2v) is 38.7. The van der Waals surface area contributed by atoms with Crippen LogP contribution < -0.4 is 56.9 Å². The Balaban J connectivity index is 0.000000131. The average molecular weight is 2070 g/mol. The van der Waals surface area contributed by atoms with Gasteiger partial charge in [0.2, 0.25) is 0 Å². The van der Waals surface area contributed by atoms with E-state index in [1.807, 2.05) is 262 Å². The Bertz CT molecular complexity index is 8190. The molecule has 0 amide bonds. The quantitative estimate of drug-likeness (QED) is 0.0420. The Labute approximate surface area is 865 Å². The van der Waals surface area contributed by atoms with Crippen molar-refractivity contribution in [3.63, 3.8) is 0 Å². The van der Waals surface area contributed by atoms with Crippen molar-refractivity contribution >= 4 is 56.7 Å². The molecule has 147 heavy (non-hydrogen) atoms. The Morgan fingerprint density at radius 3 is 0.925 bits per heavy atom. The van der Waals surface area contributed by atoms with Crippen LogP contribution in [0, 0.1) is 69.2 Å². The molecule has 0 unspecified atom stereocenters. The smallest absolute Gasteiger partial charge is 0.368 e. The van der Waals surface area contributed by atoms with Gasteiger partial charge in [-0.3, -0.25) is 4.98 Å². The Kier molecular flexibility index (Phi) is 33.0. The SMILES string of the molecule is CCOc1nc(-c2ccc(OCc3c(C)cccc3-n3nnn(C)c3=O)c(C)c2)cs1.CCc1cccc(-n2nnn(C)c2=O)c1COc1ccc(-c2csc(C)n2)cc1C.CCc1nc(-c2ccc(OCc3c(C)cccc3-n3nnn(C)c3=O)c(C)c2)cs1.Cc1cc(-c2cncs2)ccc1OCc1c(C)cccc1-n1nnn(C)c1=O.Cc1cc(-c2cscn2)ccc1OCc1c(C)cccc1-n1nnn(C)c1=O. The van der Waals surface area contributed by atoms with Crippen LogP contribution in [0.2, 0.25) is 0 Å². The highest BCUT2D eigenvalue weighted by atomic mass is 32.1. The summed E-state index contributed by atoms with van der Waals surface area (Å²) in [4.78, 5) is 84.9. The highest BCUT2D eigenvalue weighted by Crippen LogP contribution is 2.37. The third-order valence-electron chi connectivity index (χ3n) is 24.2. The van der Waals surface area contributed by atoms with Crippen LogP contribution in [0.25, 0.3) is 83.9 Å². The summed E-state index contributed by atoms with van der Waals surface area (Å²) in [6.45, 7) is 28.4. The predicted octanol–water partition coefficient (Wildman–Crippen LogP) is 18.0. The molecule has 10 heterocycles. The maximum absolute atomic E-state index is 12.4. The zero-order valence-corrected chi connectivity index (χ0v) is 88.3. The maximum Gasteiger partial charge on any atom is 0.368 e. The van der Waals surface area contributed by atoms with Crippen molar-refractivity contribution < 1.29 is 28.4 Å². The molecule has 36 nitrogen and oxygen atoms in total. The number of ether oxygens (including phenoxy) is 6. The summed E-state index contributed by atoms with van der Waals surface area (Å²) < 4.78 is 48.7. The number of nitrogens with zero attached hydrogens (tertiary/aromatic N) is 25. The molecular weight excluding hydrogens is 1960 g/mol. The first kappa shape index (κ1) is 103. The fraction of sp³-hybridized carbons (Fsp3) is 0.245. The molecule has 0 saturated carbocycles. The van der Waals surface area contributed by atoms with Crippen molar-refractivity contribution in [3.05, 3.63) is 367 Å². The second kappa shape index (κ2) is 46.9. The Morgan fingerprint density at radius 1 is 0.293 bits per heavy atom. The molecule has 752 valence electrons. The summed E-state index contributed by atoms with van der Waals surface area (Å²) in [6, 6.07) is 59.0. The minimum absolute atomic E-state index is 0.288. The van der Waals surface area contributed by atoms with E-state index in [9.17, 15) is 24.0 Å². The average Bonchev–Trinajstić information content (AvgIpc) is 1.77. The highest BCUT2D eigenvalue weighted by molar-refractivity contribution is 7.13. The number of aryl methyl sites for hydroxylation is 17. The van der Waals surface area contributed by atoms with E-state index in [1.165, 1.54) is 58.2 Å². The van der Waals surface area contributed by atoms with E-state index in [1.54, 1.807) is 80.6 Å². The highest BCUT2D eigenvalue weighted by Gasteiger charge is 2.24. The molecule has 0 aliphatic heterocycles. The van der Waals surface area contributed by atoms with Crippen LogP contribution in [0.3, 0.4) is 0 Å². The van der Waals surface area contributed by atoms with Crippen LogP contribution in [-0.2, 0) is 81.1 Å². The third kappa shape index (κ3) is 23.9. The molecule has 0 atom stereocenters. The molecule has 0 bridgehead atoms. The van der Waals surface area contributed by atoms with Crippen LogP contribution >= 0.6 is 56.7 Å². The Hall–Kier alpha value is -16.5. The molecule has 20 rings (SSSR count). The molecule has 20 aromatic rings. The number of benzene rings is 10. The molecular formula is C106H107N25O11S5. The van der Waals surface area contributed by atoms with E-state index in [0.29, 0.717) is 73.3 Å². The minimum Gasteiger partial charge on any atom is -0.489 e. The molecule has 0 spiro atoms. The van der Waals surface area contributed by atoms with Crippen molar-refractivity contribution in [2.45, 2.75) is 136 Å². The van der Waals surface area contributed by atoms with E-state index in [4.69, 9.17) is 28.4 Å². The zero-order valence-electron chi connectivity index (χ0n) is 84.2. The lowest BCUT2D eigenvalue weighted by Gasteiger charge is -2.15. The largest absolute Gasteiger partial charge is 0.489 e. The van der Waals surface area contributed by atoms with E-state index in [0.717, 1.165) is 191 Å². The summed E-state index contributed by atoms with van der Waals surface area (Å²) in [7, 11) is 7.88. The summed E-state index contributed by atoms with van der Waals surface area (Å²) >= 11 is 7.99. The number of thiazole rings is 5. The minimum atomic E-state index is -0.304. The third-order valence-corrected chi connectivity index (χ3v) is 28.1. The van der Waals surface area contributed by atoms with Crippen molar-refractivity contribution in [1.82, 2.24) is 124 Å². The van der Waals surface area contributed by atoms with Gasteiger partial charge in [0.15, 0.2) is 0 Å². The summed E-state index contributed by atoms with van der Waals surface area (Å²) in [5.74, 6) is 3.96. The zero-order chi connectivity index (χ0) is 104. The molecule has 0 N–H and O–H groups in total. The molecule has 0 fully saturated rings. The van der Waals surface area contributed by atoms with Gasteiger partial charge in [0, 0.05) is 113 Å². The molecule has 0 aliphatic carbocycles. The van der Waals surface area contributed by atoms with Crippen LogP contribution in [-0.4, -0.2) is 130 Å². The molecule has 0 aliphatic rings. The van der Waals surface area contributed by atoms with Crippen LogP contribution in [0.5, 0.6) is 33.9 Å². The van der Waals surface area contributed by atoms with Gasteiger partial charge in [-0.1, -0.05) is 85.8 Å². The van der Waals surface area contributed by atoms with Gasteiger partial charge in [-0.2, -0.15) is 46.8 Å². The summed E-state index contributed by atoms with van der Waals surface area (Å²) in [6.07, 6.45) is 3.62. The lowest BCUT2D eigenvalue weighted by molar-refractivity contribution is 0.302. The Morgan fingerprint density at radius 2 is 0.619 bits per heavy atom. The first-order chi connectivity index (χ1) is 71.0. The predicted molar refractivity (Wildman–Crippen MR) is 570 cm³/mol. The maximum atomic E-state index is 12.4. The van der Waals surface area contributed by atoms with E-state index in [-0.39, 0.29) is 28.4 Å². The van der Waals surface area contributed by atoms with Gasteiger partial charge in [-0.05, 0) is 324 Å². The number of rotatable bonds is 29. The van der Waals surface area contributed by atoms with Gasteiger partial charge in [0.05, 0.1) is 83.7 Å². The monoisotopic (exact) mass is 2070 g/mol. The van der Waals surface area contributed by atoms with Gasteiger partial charge in [-0.25, -0.2) is 43.9 Å². The standard InChI is InChI=1S/C22H23N5O3S.2C22H23N5O2S.2C20H19N5O2S/c1-5-29-21-23-18(13-31-21)16-9-10-20(15(3)11-16)30-12-17-14(2)7-6-8-19(17)27-22(28)26(4)24-25-27;1-5-16-7-6-8-20(27-22(28)26(4)24-25-27)18(16)12-29-21-10-9-17(11-14(21)2)19-13-30-15(3)23-19;1-5-21-23-18(13-30-21)16-9-10-20(15(3)11-16)29-12-17-14(2)7-6-8-19(17)27-22(28)26(4)24-25-27;1-13-5-4-6-17(25-20(26)24(3)22-23-25)16(13)11-27-18-8-7-15(9-14(18)2)19-10-21-12-28-19;1-13-5-4-6-18(25-20(26)24(3)22-23-25)16(13)10-27-19-8-7-15(9-14(19)2)17-11-28-12-21-17/h6-11,13H,5,12H2,1-4H3;2*6-11,13H,5,12H2,1-4H3;4-10,12H,11H2,1-3H3;4-9,11-12H,10H2,1-3H3. The lowest BCUT2D eigenvalue weighted by atomic mass is 10.0. The van der Waals surface area contributed by atoms with Gasteiger partial charge < -0.3 is 28.4 Å². The first-order valence-corrected chi connectivity index (χ1v) is 51.3. The number of aromatic nitrogens is 25. The van der Waals surface area contributed by atoms with Crippen LogP contribution in [0.4, 0.5) is 0 Å². The lowest BCUT2D eigenvalue weighted by Crippen LogP contribution is -2.23. The number of tetrazole rings is 5. The number of hydrogen-bond acceptors (Lipinski definition) is 31.